The molecule has 2 aromatic rings. The fourth-order valence-electron chi connectivity index (χ4n) is 3.20. The topological polar surface area (TPSA) is 98.7 Å². The van der Waals surface area contributed by atoms with Crippen molar-refractivity contribution in [1.29, 1.82) is 0 Å². The van der Waals surface area contributed by atoms with Crippen molar-refractivity contribution >= 4 is 17.7 Å². The van der Waals surface area contributed by atoms with E-state index in [4.69, 9.17) is 4.42 Å². The number of thioether (sulfide) groups is 1. The molecule has 1 N–H and O–H groups in total. The molecule has 8 nitrogen and oxygen atoms in total. The van der Waals surface area contributed by atoms with Crippen molar-refractivity contribution in [3.63, 3.8) is 0 Å². The Morgan fingerprint density at radius 3 is 2.88 bits per heavy atom. The number of nitrogens with zero attached hydrogens (tertiary/aromatic N) is 5. The highest BCUT2D eigenvalue weighted by Gasteiger charge is 2.30. The first-order valence-corrected chi connectivity index (χ1v) is 10.0. The third-order valence-electron chi connectivity index (χ3n) is 4.74. The lowest BCUT2D eigenvalue weighted by molar-refractivity contribution is -0.122. The average molecular weight is 379 g/mol. The molecule has 1 fully saturated rings. The number of amides is 1. The van der Waals surface area contributed by atoms with E-state index in [1.165, 1.54) is 37.4 Å². The van der Waals surface area contributed by atoms with Crippen LogP contribution in [0.5, 0.6) is 0 Å². The van der Waals surface area contributed by atoms with Crippen LogP contribution in [0.2, 0.25) is 0 Å². The minimum absolute atomic E-state index is 0.0553. The zero-order chi connectivity index (χ0) is 18.5. The van der Waals surface area contributed by atoms with E-state index in [9.17, 15) is 4.79 Å². The fraction of sp³-hybridized carbons (Fsp3) is 0.706. The molecule has 2 aromatic heterocycles. The summed E-state index contributed by atoms with van der Waals surface area (Å²) in [5.41, 5.74) is 0. The molecule has 9 heteroatoms. The van der Waals surface area contributed by atoms with Crippen molar-refractivity contribution in [2.75, 3.05) is 0 Å². The summed E-state index contributed by atoms with van der Waals surface area (Å²) in [6.45, 7) is 6.66. The molecule has 3 atom stereocenters. The average Bonchev–Trinajstić information content (AvgIpc) is 3.27. The summed E-state index contributed by atoms with van der Waals surface area (Å²) in [5.74, 6) is 1.19. The fourth-order valence-corrected chi connectivity index (χ4v) is 4.10. The van der Waals surface area contributed by atoms with E-state index in [-0.39, 0.29) is 23.1 Å². The van der Waals surface area contributed by atoms with Gasteiger partial charge in [-0.1, -0.05) is 45.4 Å². The van der Waals surface area contributed by atoms with Crippen LogP contribution in [0.25, 0.3) is 0 Å². The van der Waals surface area contributed by atoms with Gasteiger partial charge in [0, 0.05) is 6.04 Å². The maximum absolute atomic E-state index is 12.8. The van der Waals surface area contributed by atoms with Crippen molar-refractivity contribution in [3.05, 3.63) is 18.5 Å². The number of carbonyl (C=O) groups is 1. The van der Waals surface area contributed by atoms with Gasteiger partial charge in [0.25, 0.3) is 5.22 Å². The molecule has 3 rings (SSSR count). The third-order valence-corrected chi connectivity index (χ3v) is 6.12. The molecular formula is C17H26N6O2S. The Bertz CT molecular complexity index is 702. The number of hydrogen-bond donors (Lipinski definition) is 1. The Hall–Kier alpha value is -1.90. The lowest BCUT2D eigenvalue weighted by Gasteiger charge is -2.31. The van der Waals surface area contributed by atoms with Gasteiger partial charge in [-0.2, -0.15) is 5.10 Å². The second-order valence-corrected chi connectivity index (χ2v) is 8.31. The number of carbonyl (C=O) groups excluding carboxylic acids is 1. The molecular weight excluding hydrogens is 352 g/mol. The molecule has 1 aliphatic carbocycles. The van der Waals surface area contributed by atoms with Gasteiger partial charge in [0.05, 0.1) is 5.25 Å². The van der Waals surface area contributed by atoms with E-state index >= 15 is 0 Å². The highest BCUT2D eigenvalue weighted by atomic mass is 32.2. The second-order valence-electron chi connectivity index (χ2n) is 7.21. The first kappa shape index (κ1) is 18.9. The SMILES string of the molecule is CC(C)C(Sc1nnc(Cn2cncn2)o1)C(=O)NC1CCCCC1C. The van der Waals surface area contributed by atoms with Gasteiger partial charge in [0.15, 0.2) is 0 Å². The molecule has 0 saturated heterocycles. The summed E-state index contributed by atoms with van der Waals surface area (Å²) in [6.07, 6.45) is 7.73. The largest absolute Gasteiger partial charge is 0.414 e. The van der Waals surface area contributed by atoms with Crippen molar-refractivity contribution in [2.24, 2.45) is 11.8 Å². The molecule has 26 heavy (non-hydrogen) atoms. The van der Waals surface area contributed by atoms with Gasteiger partial charge in [-0.15, -0.1) is 10.2 Å². The van der Waals surface area contributed by atoms with Crippen molar-refractivity contribution in [3.8, 4) is 0 Å². The van der Waals surface area contributed by atoms with Crippen LogP contribution in [-0.2, 0) is 11.3 Å². The molecule has 0 aromatic carbocycles. The van der Waals surface area contributed by atoms with Crippen LogP contribution < -0.4 is 5.32 Å². The summed E-state index contributed by atoms with van der Waals surface area (Å²) < 4.78 is 7.28. The van der Waals surface area contributed by atoms with E-state index in [0.717, 1.165) is 6.42 Å². The molecule has 1 aliphatic rings. The van der Waals surface area contributed by atoms with E-state index in [2.05, 4.69) is 32.5 Å². The van der Waals surface area contributed by atoms with Gasteiger partial charge >= 0.3 is 0 Å². The van der Waals surface area contributed by atoms with E-state index in [1.54, 1.807) is 11.0 Å². The Kier molecular flexibility index (Phi) is 6.29. The van der Waals surface area contributed by atoms with Gasteiger partial charge < -0.3 is 9.73 Å². The third kappa shape index (κ3) is 4.84. The summed E-state index contributed by atoms with van der Waals surface area (Å²) in [5, 5.41) is 15.5. The van der Waals surface area contributed by atoms with Crippen LogP contribution in [0.4, 0.5) is 0 Å². The van der Waals surface area contributed by atoms with Crippen LogP contribution in [-0.4, -0.2) is 42.2 Å². The molecule has 3 unspecified atom stereocenters. The van der Waals surface area contributed by atoms with Crippen LogP contribution in [0, 0.1) is 11.8 Å². The standard InChI is InChI=1S/C17H26N6O2S/c1-11(2)15(16(24)20-13-7-5-4-6-12(13)3)26-17-22-21-14(25-17)8-23-10-18-9-19-23/h9-13,15H,4-8H2,1-3H3,(H,20,24). The maximum atomic E-state index is 12.8. The van der Waals surface area contributed by atoms with E-state index < -0.39 is 0 Å². The molecule has 0 spiro atoms. The highest BCUT2D eigenvalue weighted by Crippen LogP contribution is 2.29. The second kappa shape index (κ2) is 8.66. The zero-order valence-corrected chi connectivity index (χ0v) is 16.3. The quantitative estimate of drug-likeness (QED) is 0.739. The van der Waals surface area contributed by atoms with Crippen LogP contribution in [0.15, 0.2) is 22.3 Å². The first-order valence-electron chi connectivity index (χ1n) is 9.14. The summed E-state index contributed by atoms with van der Waals surface area (Å²) in [7, 11) is 0. The number of nitrogens with one attached hydrogen (secondary N) is 1. The summed E-state index contributed by atoms with van der Waals surface area (Å²) >= 11 is 1.33. The Morgan fingerprint density at radius 2 is 2.19 bits per heavy atom. The van der Waals surface area contributed by atoms with Crippen molar-refractivity contribution in [2.45, 2.75) is 69.5 Å². The number of hydrogen-bond acceptors (Lipinski definition) is 7. The van der Waals surface area contributed by atoms with Gasteiger partial charge in [0.1, 0.15) is 19.2 Å². The predicted octanol–water partition coefficient (Wildman–Crippen LogP) is 2.52. The number of rotatable bonds is 7. The number of aromatic nitrogens is 5. The first-order chi connectivity index (χ1) is 12.5. The van der Waals surface area contributed by atoms with Crippen molar-refractivity contribution < 1.29 is 9.21 Å². The Morgan fingerprint density at radius 1 is 1.38 bits per heavy atom. The molecule has 1 saturated carbocycles. The van der Waals surface area contributed by atoms with Gasteiger partial charge in [-0.25, -0.2) is 9.67 Å². The van der Waals surface area contributed by atoms with Crippen molar-refractivity contribution in [1.82, 2.24) is 30.3 Å². The molecule has 0 bridgehead atoms. The molecule has 142 valence electrons. The summed E-state index contributed by atoms with van der Waals surface area (Å²) in [4.78, 5) is 16.7. The van der Waals surface area contributed by atoms with E-state index in [0.29, 0.717) is 23.6 Å². The molecule has 2 heterocycles. The van der Waals surface area contributed by atoms with Crippen LogP contribution in [0.1, 0.15) is 52.3 Å². The molecule has 0 radical (unpaired) electrons. The minimum Gasteiger partial charge on any atom is -0.414 e. The van der Waals surface area contributed by atoms with E-state index in [1.807, 2.05) is 13.8 Å². The lowest BCUT2D eigenvalue weighted by atomic mass is 9.86. The van der Waals surface area contributed by atoms with Gasteiger partial charge in [-0.05, 0) is 24.7 Å². The van der Waals surface area contributed by atoms with Crippen LogP contribution >= 0.6 is 11.8 Å². The molecule has 0 aliphatic heterocycles. The van der Waals surface area contributed by atoms with Gasteiger partial charge in [0.2, 0.25) is 11.8 Å². The normalized spacial score (nSPS) is 21.7. The summed E-state index contributed by atoms with van der Waals surface area (Å²) in [6, 6.07) is 0.267. The van der Waals surface area contributed by atoms with Gasteiger partial charge in [-0.3, -0.25) is 4.79 Å². The Balaban J connectivity index is 1.61. The highest BCUT2D eigenvalue weighted by molar-refractivity contribution is 8.00. The lowest BCUT2D eigenvalue weighted by Crippen LogP contribution is -2.46. The maximum Gasteiger partial charge on any atom is 0.277 e. The minimum atomic E-state index is -0.260. The smallest absolute Gasteiger partial charge is 0.277 e. The molecule has 1 amide bonds. The van der Waals surface area contributed by atoms with Crippen LogP contribution in [0.3, 0.4) is 0 Å². The Labute approximate surface area is 157 Å². The monoisotopic (exact) mass is 378 g/mol. The predicted molar refractivity (Wildman–Crippen MR) is 97.5 cm³/mol. The zero-order valence-electron chi connectivity index (χ0n) is 15.5.